The fourth-order valence-electron chi connectivity index (χ4n) is 2.94. The summed E-state index contributed by atoms with van der Waals surface area (Å²) in [4.78, 5) is 12.3. The first-order chi connectivity index (χ1) is 14.4. The van der Waals surface area contributed by atoms with Crippen LogP contribution in [0.3, 0.4) is 0 Å². The van der Waals surface area contributed by atoms with Crippen LogP contribution in [0.1, 0.15) is 6.92 Å². The Morgan fingerprint density at radius 2 is 1.93 bits per heavy atom. The summed E-state index contributed by atoms with van der Waals surface area (Å²) in [6.45, 7) is 2.63. The molecule has 0 saturated carbocycles. The first-order valence-electron chi connectivity index (χ1n) is 8.94. The number of amides is 1. The number of benzene rings is 2. The Bertz CT molecular complexity index is 1220. The van der Waals surface area contributed by atoms with Crippen molar-refractivity contribution in [2.45, 2.75) is 18.6 Å². The van der Waals surface area contributed by atoms with E-state index in [9.17, 15) is 4.79 Å². The van der Waals surface area contributed by atoms with Crippen molar-refractivity contribution in [3.05, 3.63) is 57.0 Å². The molecule has 0 saturated heterocycles. The molecule has 2 heterocycles. The van der Waals surface area contributed by atoms with Gasteiger partial charge in [-0.2, -0.15) is 0 Å². The van der Waals surface area contributed by atoms with Gasteiger partial charge in [-0.05, 0) is 49.4 Å². The molecule has 0 bridgehead atoms. The molecular formula is C20H15BrCl2N4O2S. The molecule has 2 aromatic carbocycles. The van der Waals surface area contributed by atoms with Gasteiger partial charge in [-0.15, -0.1) is 10.2 Å². The SMILES string of the molecule is CCn1c(SCC(=O)Nc2cc(Cl)cc(Cl)c2)nnc1-c1cc2cc(Br)ccc2o1. The molecule has 6 nitrogen and oxygen atoms in total. The molecule has 4 rings (SSSR count). The van der Waals surface area contributed by atoms with E-state index in [1.54, 1.807) is 18.2 Å². The predicted molar refractivity (Wildman–Crippen MR) is 124 cm³/mol. The summed E-state index contributed by atoms with van der Waals surface area (Å²) in [5.41, 5.74) is 1.32. The Balaban J connectivity index is 1.49. The van der Waals surface area contributed by atoms with E-state index in [0.717, 1.165) is 15.4 Å². The van der Waals surface area contributed by atoms with Gasteiger partial charge >= 0.3 is 0 Å². The quantitative estimate of drug-likeness (QED) is 0.290. The Labute approximate surface area is 195 Å². The number of hydrogen-bond acceptors (Lipinski definition) is 5. The third-order valence-electron chi connectivity index (χ3n) is 4.21. The van der Waals surface area contributed by atoms with Gasteiger partial charge in [0.25, 0.3) is 0 Å². The molecule has 2 aromatic heterocycles. The zero-order chi connectivity index (χ0) is 21.3. The second-order valence-corrected chi connectivity index (χ2v) is 9.07. The smallest absolute Gasteiger partial charge is 0.234 e. The average Bonchev–Trinajstić information content (AvgIpc) is 3.28. The van der Waals surface area contributed by atoms with Crippen molar-refractivity contribution in [2.75, 3.05) is 11.1 Å². The number of anilines is 1. The number of fused-ring (bicyclic) bond motifs is 1. The predicted octanol–water partition coefficient (Wildman–Crippen LogP) is 6.51. The van der Waals surface area contributed by atoms with Crippen molar-refractivity contribution in [1.29, 1.82) is 0 Å². The highest BCUT2D eigenvalue weighted by Gasteiger charge is 2.18. The van der Waals surface area contributed by atoms with Crippen LogP contribution in [0, 0.1) is 0 Å². The number of aromatic nitrogens is 3. The second-order valence-electron chi connectivity index (χ2n) is 6.34. The maximum Gasteiger partial charge on any atom is 0.234 e. The van der Waals surface area contributed by atoms with Crippen LogP contribution in [0.2, 0.25) is 10.0 Å². The van der Waals surface area contributed by atoms with Crippen molar-refractivity contribution in [2.24, 2.45) is 0 Å². The third kappa shape index (κ3) is 4.67. The van der Waals surface area contributed by atoms with E-state index in [0.29, 0.717) is 39.0 Å². The van der Waals surface area contributed by atoms with Crippen molar-refractivity contribution in [1.82, 2.24) is 14.8 Å². The number of nitrogens with one attached hydrogen (secondary N) is 1. The molecule has 154 valence electrons. The molecule has 0 unspecified atom stereocenters. The molecule has 0 fully saturated rings. The number of rotatable bonds is 6. The van der Waals surface area contributed by atoms with Gasteiger partial charge in [0.1, 0.15) is 5.58 Å². The number of carbonyl (C=O) groups is 1. The molecule has 0 radical (unpaired) electrons. The van der Waals surface area contributed by atoms with Crippen LogP contribution in [0.4, 0.5) is 5.69 Å². The average molecular weight is 526 g/mol. The summed E-state index contributed by atoms with van der Waals surface area (Å²) in [6, 6.07) is 12.6. The maximum absolute atomic E-state index is 12.3. The lowest BCUT2D eigenvalue weighted by atomic mass is 10.2. The number of nitrogens with zero attached hydrogens (tertiary/aromatic N) is 3. The lowest BCUT2D eigenvalue weighted by Crippen LogP contribution is -2.14. The lowest BCUT2D eigenvalue weighted by Gasteiger charge is -2.07. The normalized spacial score (nSPS) is 11.2. The van der Waals surface area contributed by atoms with Crippen molar-refractivity contribution in [3.63, 3.8) is 0 Å². The molecule has 4 aromatic rings. The van der Waals surface area contributed by atoms with Gasteiger partial charge < -0.3 is 9.73 Å². The molecule has 0 aliphatic rings. The fraction of sp³-hybridized carbons (Fsp3) is 0.150. The van der Waals surface area contributed by atoms with Crippen LogP contribution in [0.15, 0.2) is 56.5 Å². The van der Waals surface area contributed by atoms with Gasteiger partial charge in [0.2, 0.25) is 11.7 Å². The van der Waals surface area contributed by atoms with E-state index in [-0.39, 0.29) is 11.7 Å². The van der Waals surface area contributed by atoms with E-state index < -0.39 is 0 Å². The summed E-state index contributed by atoms with van der Waals surface area (Å²) in [5, 5.41) is 13.8. The Hall–Kier alpha value is -2.00. The first kappa shape index (κ1) is 21.2. The van der Waals surface area contributed by atoms with E-state index >= 15 is 0 Å². The largest absolute Gasteiger partial charge is 0.453 e. The number of thioether (sulfide) groups is 1. The monoisotopic (exact) mass is 524 g/mol. The van der Waals surface area contributed by atoms with Gasteiger partial charge in [0.05, 0.1) is 5.75 Å². The zero-order valence-electron chi connectivity index (χ0n) is 15.7. The Kier molecular flexibility index (Phi) is 6.38. The molecule has 0 aliphatic heterocycles. The minimum atomic E-state index is -0.195. The summed E-state index contributed by atoms with van der Waals surface area (Å²) < 4.78 is 8.83. The van der Waals surface area contributed by atoms with E-state index in [1.165, 1.54) is 11.8 Å². The topological polar surface area (TPSA) is 73.0 Å². The standard InChI is InChI=1S/C20H15BrCl2N4O2S/c1-2-27-19(17-6-11-5-12(21)3-4-16(11)29-17)25-26-20(27)30-10-18(28)24-15-8-13(22)7-14(23)9-15/h3-9H,2,10H2,1H3,(H,24,28). The second kappa shape index (κ2) is 9.01. The van der Waals surface area contributed by atoms with Crippen LogP contribution >= 0.6 is 50.9 Å². The van der Waals surface area contributed by atoms with Crippen LogP contribution in [0.25, 0.3) is 22.6 Å². The molecule has 30 heavy (non-hydrogen) atoms. The summed E-state index contributed by atoms with van der Waals surface area (Å²) in [6.07, 6.45) is 0. The third-order valence-corrected chi connectivity index (χ3v) is 6.11. The number of furan rings is 1. The molecule has 1 N–H and O–H groups in total. The summed E-state index contributed by atoms with van der Waals surface area (Å²) >= 11 is 16.7. The van der Waals surface area contributed by atoms with Crippen molar-refractivity contribution in [3.8, 4) is 11.6 Å². The molecule has 1 amide bonds. The molecule has 0 aliphatic carbocycles. The molecular weight excluding hydrogens is 511 g/mol. The lowest BCUT2D eigenvalue weighted by molar-refractivity contribution is -0.113. The number of halogens is 3. The van der Waals surface area contributed by atoms with Crippen molar-refractivity contribution < 1.29 is 9.21 Å². The minimum Gasteiger partial charge on any atom is -0.453 e. The van der Waals surface area contributed by atoms with Gasteiger partial charge in [-0.1, -0.05) is 50.9 Å². The van der Waals surface area contributed by atoms with Gasteiger partial charge in [0, 0.05) is 32.1 Å². The molecule has 10 heteroatoms. The summed E-state index contributed by atoms with van der Waals surface area (Å²) in [5.74, 6) is 1.21. The Morgan fingerprint density at radius 1 is 1.17 bits per heavy atom. The maximum atomic E-state index is 12.3. The highest BCUT2D eigenvalue weighted by Crippen LogP contribution is 2.31. The fourth-order valence-corrected chi connectivity index (χ4v) is 4.65. The number of hydrogen-bond donors (Lipinski definition) is 1. The number of carbonyl (C=O) groups excluding carboxylic acids is 1. The van der Waals surface area contributed by atoms with E-state index in [1.807, 2.05) is 35.8 Å². The van der Waals surface area contributed by atoms with E-state index in [4.69, 9.17) is 27.6 Å². The highest BCUT2D eigenvalue weighted by molar-refractivity contribution is 9.10. The Morgan fingerprint density at radius 3 is 2.67 bits per heavy atom. The highest BCUT2D eigenvalue weighted by atomic mass is 79.9. The van der Waals surface area contributed by atoms with E-state index in [2.05, 4.69) is 31.4 Å². The first-order valence-corrected chi connectivity index (χ1v) is 11.5. The van der Waals surface area contributed by atoms with Crippen LogP contribution in [-0.4, -0.2) is 26.4 Å². The zero-order valence-corrected chi connectivity index (χ0v) is 19.6. The van der Waals surface area contributed by atoms with Gasteiger partial charge in [0.15, 0.2) is 10.9 Å². The van der Waals surface area contributed by atoms with Crippen LogP contribution in [0.5, 0.6) is 0 Å². The summed E-state index contributed by atoms with van der Waals surface area (Å²) in [7, 11) is 0. The van der Waals surface area contributed by atoms with Crippen LogP contribution < -0.4 is 5.32 Å². The molecule has 0 atom stereocenters. The van der Waals surface area contributed by atoms with Crippen LogP contribution in [-0.2, 0) is 11.3 Å². The molecule has 0 spiro atoms. The van der Waals surface area contributed by atoms with Gasteiger partial charge in [-0.25, -0.2) is 0 Å². The van der Waals surface area contributed by atoms with Gasteiger partial charge in [-0.3, -0.25) is 9.36 Å². The van der Waals surface area contributed by atoms with Crippen molar-refractivity contribution >= 4 is 73.5 Å². The minimum absolute atomic E-state index is 0.162.